The number of hydrogen-bond donors (Lipinski definition) is 1. The molecule has 0 atom stereocenters. The number of nitrogens with zero attached hydrogens (tertiary/aromatic N) is 3. The summed E-state index contributed by atoms with van der Waals surface area (Å²) >= 11 is 0. The minimum Gasteiger partial charge on any atom is -0.507 e. The van der Waals surface area contributed by atoms with Gasteiger partial charge < -0.3 is 19.3 Å². The third kappa shape index (κ3) is 4.34. The quantitative estimate of drug-likeness (QED) is 0.614. The van der Waals surface area contributed by atoms with Crippen LogP contribution in [0, 0.1) is 0 Å². The average Bonchev–Trinajstić information content (AvgIpc) is 3.14. The smallest absolute Gasteiger partial charge is 0.203 e. The maximum absolute atomic E-state index is 10.2. The van der Waals surface area contributed by atoms with Crippen LogP contribution < -0.4 is 14.2 Å². The molecule has 0 saturated heterocycles. The van der Waals surface area contributed by atoms with E-state index in [1.165, 1.54) is 0 Å². The van der Waals surface area contributed by atoms with Crippen molar-refractivity contribution in [3.63, 3.8) is 0 Å². The highest BCUT2D eigenvalue weighted by Crippen LogP contribution is 2.38. The number of phenolic OH excluding ortho intramolecular Hbond substituents is 1. The molecular weight excluding hydrogens is 370 g/mol. The molecule has 1 aromatic heterocycles. The lowest BCUT2D eigenvalue weighted by Crippen LogP contribution is -2.02. The van der Waals surface area contributed by atoms with Crippen molar-refractivity contribution >= 4 is 12.2 Å². The number of ether oxygens (including phenoxy) is 3. The number of hydrogen-bond acceptors (Lipinski definition) is 6. The van der Waals surface area contributed by atoms with Gasteiger partial charge in [0.15, 0.2) is 23.1 Å². The molecule has 0 aliphatic rings. The van der Waals surface area contributed by atoms with E-state index in [0.29, 0.717) is 41.0 Å². The minimum atomic E-state index is 0.178. The Morgan fingerprint density at radius 3 is 2.28 bits per heavy atom. The van der Waals surface area contributed by atoms with Crippen LogP contribution >= 0.6 is 0 Å². The lowest BCUT2D eigenvalue weighted by atomic mass is 10.1. The van der Waals surface area contributed by atoms with Crippen LogP contribution in [-0.4, -0.2) is 41.2 Å². The summed E-state index contributed by atoms with van der Waals surface area (Å²) in [7, 11) is 4.73. The molecule has 0 aliphatic heterocycles. The molecule has 152 valence electrons. The molecule has 7 heteroatoms. The van der Waals surface area contributed by atoms with E-state index < -0.39 is 0 Å². The fraction of sp³-hybridized carbons (Fsp3) is 0.273. The highest BCUT2D eigenvalue weighted by molar-refractivity contribution is 5.72. The summed E-state index contributed by atoms with van der Waals surface area (Å²) in [4.78, 5) is 4.61. The Labute approximate surface area is 170 Å². The number of benzene rings is 2. The van der Waals surface area contributed by atoms with Gasteiger partial charge in [0.05, 0.1) is 26.9 Å². The zero-order valence-electron chi connectivity index (χ0n) is 17.0. The predicted octanol–water partition coefficient (Wildman–Crippen LogP) is 4.26. The summed E-state index contributed by atoms with van der Waals surface area (Å²) in [5.74, 6) is 3.05. The van der Waals surface area contributed by atoms with Crippen LogP contribution in [-0.2, 0) is 6.54 Å². The van der Waals surface area contributed by atoms with Crippen LogP contribution in [0.1, 0.15) is 24.7 Å². The molecule has 0 aliphatic carbocycles. The monoisotopic (exact) mass is 395 g/mol. The Bertz CT molecular complexity index is 986. The molecule has 0 radical (unpaired) electrons. The van der Waals surface area contributed by atoms with Crippen molar-refractivity contribution in [2.24, 2.45) is 0 Å². The maximum atomic E-state index is 10.2. The fourth-order valence-corrected chi connectivity index (χ4v) is 3.03. The van der Waals surface area contributed by atoms with Crippen LogP contribution in [0.25, 0.3) is 23.5 Å². The van der Waals surface area contributed by atoms with Gasteiger partial charge in [0, 0.05) is 6.54 Å². The number of aromatic nitrogens is 3. The van der Waals surface area contributed by atoms with E-state index in [1.807, 2.05) is 41.1 Å². The van der Waals surface area contributed by atoms with Crippen LogP contribution in [0.4, 0.5) is 0 Å². The Balaban J connectivity index is 1.97. The lowest BCUT2D eigenvalue weighted by Gasteiger charge is -2.12. The molecule has 1 heterocycles. The van der Waals surface area contributed by atoms with E-state index >= 15 is 0 Å². The molecule has 0 spiro atoms. The van der Waals surface area contributed by atoms with Gasteiger partial charge >= 0.3 is 0 Å². The van der Waals surface area contributed by atoms with Gasteiger partial charge in [-0.25, -0.2) is 9.67 Å². The van der Waals surface area contributed by atoms with E-state index in [0.717, 1.165) is 12.0 Å². The molecule has 3 rings (SSSR count). The molecule has 0 amide bonds. The fourth-order valence-electron chi connectivity index (χ4n) is 3.03. The standard InChI is InChI=1S/C22H25N3O4/c1-5-12-25-22(16-8-6-7-9-17(16)26)23-20(24-25)11-10-15-13-18(27-2)21(29-4)19(14-15)28-3/h6-11,13-14,26H,5,12H2,1-4H3/b11-10+. The molecule has 3 aromatic rings. The summed E-state index contributed by atoms with van der Waals surface area (Å²) < 4.78 is 18.0. The van der Waals surface area contributed by atoms with Gasteiger partial charge in [-0.1, -0.05) is 25.1 Å². The van der Waals surface area contributed by atoms with E-state index in [4.69, 9.17) is 14.2 Å². The molecule has 0 fully saturated rings. The molecule has 7 nitrogen and oxygen atoms in total. The summed E-state index contributed by atoms with van der Waals surface area (Å²) in [5, 5.41) is 14.8. The van der Waals surface area contributed by atoms with Gasteiger partial charge in [-0.3, -0.25) is 0 Å². The van der Waals surface area contributed by atoms with Gasteiger partial charge in [-0.05, 0) is 42.3 Å². The highest BCUT2D eigenvalue weighted by Gasteiger charge is 2.14. The molecule has 2 aromatic carbocycles. The first kappa shape index (κ1) is 20.3. The molecule has 1 N–H and O–H groups in total. The number of phenols is 1. The summed E-state index contributed by atoms with van der Waals surface area (Å²) in [6.45, 7) is 2.77. The van der Waals surface area contributed by atoms with Crippen LogP contribution in [0.2, 0.25) is 0 Å². The summed E-state index contributed by atoms with van der Waals surface area (Å²) in [6.07, 6.45) is 4.60. The highest BCUT2D eigenvalue weighted by atomic mass is 16.5. The van der Waals surface area contributed by atoms with E-state index in [2.05, 4.69) is 17.0 Å². The van der Waals surface area contributed by atoms with Crippen molar-refractivity contribution in [2.75, 3.05) is 21.3 Å². The van der Waals surface area contributed by atoms with E-state index in [-0.39, 0.29) is 5.75 Å². The number of methoxy groups -OCH3 is 3. The summed E-state index contributed by atoms with van der Waals surface area (Å²) in [5.41, 5.74) is 1.51. The second-order valence-electron chi connectivity index (χ2n) is 6.33. The zero-order valence-corrected chi connectivity index (χ0v) is 17.0. The topological polar surface area (TPSA) is 78.6 Å². The minimum absolute atomic E-state index is 0.178. The molecule has 0 saturated carbocycles. The average molecular weight is 395 g/mol. The summed E-state index contributed by atoms with van der Waals surface area (Å²) in [6, 6.07) is 10.8. The SMILES string of the molecule is CCCn1nc(/C=C/c2cc(OC)c(OC)c(OC)c2)nc1-c1ccccc1O. The Morgan fingerprint density at radius 2 is 1.69 bits per heavy atom. The molecule has 29 heavy (non-hydrogen) atoms. The van der Waals surface area contributed by atoms with Gasteiger partial charge in [-0.2, -0.15) is 5.10 Å². The maximum Gasteiger partial charge on any atom is 0.203 e. The van der Waals surface area contributed by atoms with Crippen LogP contribution in [0.3, 0.4) is 0 Å². The van der Waals surface area contributed by atoms with Crippen molar-refractivity contribution in [2.45, 2.75) is 19.9 Å². The number of para-hydroxylation sites is 1. The van der Waals surface area contributed by atoms with Crippen LogP contribution in [0.15, 0.2) is 36.4 Å². The third-order valence-electron chi connectivity index (χ3n) is 4.38. The number of aromatic hydroxyl groups is 1. The zero-order chi connectivity index (χ0) is 20.8. The Hall–Kier alpha value is -3.48. The first-order valence-electron chi connectivity index (χ1n) is 9.32. The third-order valence-corrected chi connectivity index (χ3v) is 4.38. The second kappa shape index (κ2) is 9.14. The lowest BCUT2D eigenvalue weighted by molar-refractivity contribution is 0.324. The van der Waals surface area contributed by atoms with E-state index in [1.54, 1.807) is 33.5 Å². The van der Waals surface area contributed by atoms with Crippen molar-refractivity contribution in [3.8, 4) is 34.4 Å². The Morgan fingerprint density at radius 1 is 1.00 bits per heavy atom. The van der Waals surface area contributed by atoms with Crippen LogP contribution in [0.5, 0.6) is 23.0 Å². The van der Waals surface area contributed by atoms with E-state index in [9.17, 15) is 5.11 Å². The molecule has 0 bridgehead atoms. The van der Waals surface area contributed by atoms with Gasteiger partial charge in [0.25, 0.3) is 0 Å². The number of aryl methyl sites for hydroxylation is 1. The first-order chi connectivity index (χ1) is 14.1. The van der Waals surface area contributed by atoms with Crippen molar-refractivity contribution < 1.29 is 19.3 Å². The normalized spacial score (nSPS) is 11.0. The second-order valence-corrected chi connectivity index (χ2v) is 6.33. The largest absolute Gasteiger partial charge is 0.507 e. The molecule has 0 unspecified atom stereocenters. The molecular formula is C22H25N3O4. The van der Waals surface area contributed by atoms with Crippen molar-refractivity contribution in [1.29, 1.82) is 0 Å². The number of rotatable bonds is 8. The Kier molecular flexibility index (Phi) is 6.39. The predicted molar refractivity (Wildman–Crippen MR) is 112 cm³/mol. The van der Waals surface area contributed by atoms with Crippen molar-refractivity contribution in [3.05, 3.63) is 47.8 Å². The first-order valence-corrected chi connectivity index (χ1v) is 9.32. The van der Waals surface area contributed by atoms with Crippen molar-refractivity contribution in [1.82, 2.24) is 14.8 Å². The van der Waals surface area contributed by atoms with Gasteiger partial charge in [0.2, 0.25) is 5.75 Å². The van der Waals surface area contributed by atoms with Gasteiger partial charge in [0.1, 0.15) is 5.75 Å². The van der Waals surface area contributed by atoms with Gasteiger partial charge in [-0.15, -0.1) is 0 Å².